The van der Waals surface area contributed by atoms with Crippen molar-refractivity contribution in [3.8, 4) is 11.3 Å². The molecule has 1 aliphatic rings. The number of fused-ring (bicyclic) bond motifs is 4. The fourth-order valence-electron chi connectivity index (χ4n) is 2.76. The van der Waals surface area contributed by atoms with Crippen LogP contribution in [0.15, 0.2) is 52.2 Å². The van der Waals surface area contributed by atoms with Crippen LogP contribution in [-0.4, -0.2) is 4.98 Å². The Morgan fingerprint density at radius 3 is 2.90 bits per heavy atom. The molecule has 2 nitrogen and oxygen atoms in total. The summed E-state index contributed by atoms with van der Waals surface area (Å²) in [5, 5.41) is 0.781. The predicted octanol–water partition coefficient (Wildman–Crippen LogP) is 4.11. The van der Waals surface area contributed by atoms with Gasteiger partial charge in [-0.25, -0.2) is 0 Å². The number of H-pyrrole nitrogens is 1. The van der Waals surface area contributed by atoms with E-state index in [0.29, 0.717) is 0 Å². The molecule has 0 radical (unpaired) electrons. The third-order valence-electron chi connectivity index (χ3n) is 3.78. The molecule has 1 N–H and O–H groups in total. The Hall–Kier alpha value is -2.00. The van der Waals surface area contributed by atoms with Crippen LogP contribution in [0.4, 0.5) is 0 Å². The van der Waals surface area contributed by atoms with Gasteiger partial charge in [-0.2, -0.15) is 0 Å². The van der Waals surface area contributed by atoms with Gasteiger partial charge in [0.05, 0.1) is 5.69 Å². The van der Waals surface area contributed by atoms with Crippen LogP contribution in [0.3, 0.4) is 0 Å². The average molecular weight is 279 g/mol. The van der Waals surface area contributed by atoms with Crippen LogP contribution in [0, 0.1) is 6.92 Å². The molecule has 0 amide bonds. The molecule has 2 heterocycles. The van der Waals surface area contributed by atoms with E-state index < -0.39 is 0 Å². The molecule has 0 spiro atoms. The lowest BCUT2D eigenvalue weighted by atomic mass is 10.0. The number of aromatic nitrogens is 1. The fraction of sp³-hybridized carbons (Fsp3) is 0.118. The normalized spacial score (nSPS) is 13.1. The summed E-state index contributed by atoms with van der Waals surface area (Å²) in [4.78, 5) is 17.3. The van der Waals surface area contributed by atoms with Gasteiger partial charge in [0.25, 0.3) is 0 Å². The molecule has 1 aliphatic heterocycles. The maximum atomic E-state index is 12.6. The second-order valence-electron chi connectivity index (χ2n) is 5.14. The second kappa shape index (κ2) is 4.25. The van der Waals surface area contributed by atoms with E-state index in [1.807, 2.05) is 24.3 Å². The van der Waals surface area contributed by atoms with Crippen molar-refractivity contribution in [2.24, 2.45) is 0 Å². The van der Waals surface area contributed by atoms with Crippen LogP contribution in [0.1, 0.15) is 11.1 Å². The molecule has 0 saturated carbocycles. The highest BCUT2D eigenvalue weighted by Gasteiger charge is 2.21. The number of para-hydroxylation sites is 1. The van der Waals surface area contributed by atoms with Gasteiger partial charge < -0.3 is 4.98 Å². The highest BCUT2D eigenvalue weighted by atomic mass is 32.2. The van der Waals surface area contributed by atoms with E-state index in [1.54, 1.807) is 11.8 Å². The minimum Gasteiger partial charge on any atom is -0.354 e. The van der Waals surface area contributed by atoms with Crippen LogP contribution >= 0.6 is 11.8 Å². The van der Waals surface area contributed by atoms with Crippen molar-refractivity contribution in [3.05, 3.63) is 63.8 Å². The Labute approximate surface area is 120 Å². The molecule has 3 heteroatoms. The van der Waals surface area contributed by atoms with Crippen molar-refractivity contribution >= 4 is 22.7 Å². The van der Waals surface area contributed by atoms with Crippen molar-refractivity contribution in [3.63, 3.8) is 0 Å². The lowest BCUT2D eigenvalue weighted by Crippen LogP contribution is -2.14. The smallest absolute Gasteiger partial charge is 0.194 e. The third kappa shape index (κ3) is 1.63. The quantitative estimate of drug-likeness (QED) is 0.671. The SMILES string of the molecule is Cc1ccc2c(c1)-c1[nH]c3ccccc3c(=O)c1CS2. The van der Waals surface area contributed by atoms with Gasteiger partial charge in [-0.3, -0.25) is 4.79 Å². The standard InChI is InChI=1S/C17H13NOS/c1-10-6-7-15-12(8-10)16-13(9-20-15)17(19)11-4-2-3-5-14(11)18-16/h2-8H,9H2,1H3,(H,18,19). The Kier molecular flexibility index (Phi) is 2.51. The van der Waals surface area contributed by atoms with E-state index in [9.17, 15) is 4.79 Å². The van der Waals surface area contributed by atoms with E-state index >= 15 is 0 Å². The first-order chi connectivity index (χ1) is 9.74. The molecule has 98 valence electrons. The Balaban J connectivity index is 2.13. The second-order valence-corrected chi connectivity index (χ2v) is 6.16. The number of hydrogen-bond acceptors (Lipinski definition) is 2. The van der Waals surface area contributed by atoms with E-state index in [2.05, 4.69) is 30.1 Å². The minimum absolute atomic E-state index is 0.161. The highest BCUT2D eigenvalue weighted by Crippen LogP contribution is 2.40. The Bertz CT molecular complexity index is 895. The molecular weight excluding hydrogens is 266 g/mol. The van der Waals surface area contributed by atoms with Gasteiger partial charge >= 0.3 is 0 Å². The molecule has 4 rings (SSSR count). The summed E-state index contributed by atoms with van der Waals surface area (Å²) in [5.74, 6) is 0.742. The summed E-state index contributed by atoms with van der Waals surface area (Å²) >= 11 is 1.74. The first-order valence-corrected chi connectivity index (χ1v) is 7.60. The van der Waals surface area contributed by atoms with Gasteiger partial charge in [0.2, 0.25) is 0 Å². The van der Waals surface area contributed by atoms with Crippen molar-refractivity contribution in [2.45, 2.75) is 17.6 Å². The lowest BCUT2D eigenvalue weighted by molar-refractivity contribution is 1.21. The molecule has 1 aromatic heterocycles. The van der Waals surface area contributed by atoms with Crippen LogP contribution in [0.25, 0.3) is 22.2 Å². The largest absolute Gasteiger partial charge is 0.354 e. The summed E-state index contributed by atoms with van der Waals surface area (Å²) in [7, 11) is 0. The number of benzene rings is 2. The molecule has 3 aromatic rings. The van der Waals surface area contributed by atoms with Crippen LogP contribution in [0.2, 0.25) is 0 Å². The fourth-order valence-corrected chi connectivity index (χ4v) is 3.81. The van der Waals surface area contributed by atoms with Gasteiger partial charge in [0, 0.05) is 32.7 Å². The topological polar surface area (TPSA) is 32.9 Å². The number of rotatable bonds is 0. The number of aromatic amines is 1. The van der Waals surface area contributed by atoms with Crippen molar-refractivity contribution in [2.75, 3.05) is 0 Å². The number of nitrogens with one attached hydrogen (secondary N) is 1. The van der Waals surface area contributed by atoms with Crippen molar-refractivity contribution < 1.29 is 0 Å². The van der Waals surface area contributed by atoms with Gasteiger partial charge in [-0.1, -0.05) is 23.8 Å². The molecule has 0 saturated heterocycles. The van der Waals surface area contributed by atoms with E-state index in [1.165, 1.54) is 10.5 Å². The average Bonchev–Trinajstić information content (AvgIpc) is 2.47. The first-order valence-electron chi connectivity index (χ1n) is 6.62. The third-order valence-corrected chi connectivity index (χ3v) is 4.88. The highest BCUT2D eigenvalue weighted by molar-refractivity contribution is 7.98. The maximum Gasteiger partial charge on any atom is 0.194 e. The van der Waals surface area contributed by atoms with Crippen LogP contribution < -0.4 is 5.43 Å². The van der Waals surface area contributed by atoms with Crippen molar-refractivity contribution in [1.29, 1.82) is 0 Å². The summed E-state index contributed by atoms with van der Waals surface area (Å²) in [6, 6.07) is 14.2. The van der Waals surface area contributed by atoms with Gasteiger partial charge in [0.1, 0.15) is 0 Å². The monoisotopic (exact) mass is 279 g/mol. The number of pyridine rings is 1. The number of aryl methyl sites for hydroxylation is 1. The zero-order valence-corrected chi connectivity index (χ0v) is 11.9. The zero-order valence-electron chi connectivity index (χ0n) is 11.1. The predicted molar refractivity (Wildman–Crippen MR) is 84.3 cm³/mol. The maximum absolute atomic E-state index is 12.6. The zero-order chi connectivity index (χ0) is 13.7. The summed E-state index contributed by atoms with van der Waals surface area (Å²) < 4.78 is 0. The summed E-state index contributed by atoms with van der Waals surface area (Å²) in [6.45, 7) is 2.08. The minimum atomic E-state index is 0.161. The molecule has 0 aliphatic carbocycles. The Morgan fingerprint density at radius 1 is 1.15 bits per heavy atom. The van der Waals surface area contributed by atoms with E-state index in [0.717, 1.165) is 33.5 Å². The first kappa shape index (κ1) is 11.8. The summed E-state index contributed by atoms with van der Waals surface area (Å²) in [6.07, 6.45) is 0. The molecule has 0 atom stereocenters. The molecule has 0 bridgehead atoms. The van der Waals surface area contributed by atoms with Gasteiger partial charge in [0.15, 0.2) is 5.43 Å². The molecule has 2 aromatic carbocycles. The van der Waals surface area contributed by atoms with E-state index in [4.69, 9.17) is 0 Å². The lowest BCUT2D eigenvalue weighted by Gasteiger charge is -2.20. The number of thioether (sulfide) groups is 1. The van der Waals surface area contributed by atoms with Crippen molar-refractivity contribution in [1.82, 2.24) is 4.98 Å². The molecule has 20 heavy (non-hydrogen) atoms. The number of hydrogen-bond donors (Lipinski definition) is 1. The van der Waals surface area contributed by atoms with Gasteiger partial charge in [-0.15, -0.1) is 11.8 Å². The van der Waals surface area contributed by atoms with Crippen LogP contribution in [0.5, 0.6) is 0 Å². The summed E-state index contributed by atoms with van der Waals surface area (Å²) in [5.41, 5.74) is 5.33. The van der Waals surface area contributed by atoms with Crippen LogP contribution in [-0.2, 0) is 5.75 Å². The Morgan fingerprint density at radius 2 is 2.00 bits per heavy atom. The molecule has 0 unspecified atom stereocenters. The molecular formula is C17H13NOS. The molecule has 0 fully saturated rings. The van der Waals surface area contributed by atoms with E-state index in [-0.39, 0.29) is 5.43 Å². The van der Waals surface area contributed by atoms with Gasteiger partial charge in [-0.05, 0) is 31.2 Å².